The first-order valence-corrected chi connectivity index (χ1v) is 7.63. The Balaban J connectivity index is 1.71. The van der Waals surface area contributed by atoms with Gasteiger partial charge in [0.25, 0.3) is 0 Å². The third kappa shape index (κ3) is 3.01. The van der Waals surface area contributed by atoms with Crippen LogP contribution in [0.1, 0.15) is 23.2 Å². The lowest BCUT2D eigenvalue weighted by molar-refractivity contribution is 0.0854. The summed E-state index contributed by atoms with van der Waals surface area (Å²) >= 11 is 0. The summed E-state index contributed by atoms with van der Waals surface area (Å²) in [6.45, 7) is 2.53. The van der Waals surface area contributed by atoms with Crippen LogP contribution in [0, 0.1) is 0 Å². The molecule has 4 nitrogen and oxygen atoms in total. The molecule has 1 unspecified atom stereocenters. The van der Waals surface area contributed by atoms with E-state index in [4.69, 9.17) is 0 Å². The maximum Gasteiger partial charge on any atom is 0.178 e. The van der Waals surface area contributed by atoms with E-state index in [0.717, 1.165) is 29.6 Å². The second-order valence-corrected chi connectivity index (χ2v) is 6.17. The molecule has 1 N–H and O–H groups in total. The third-order valence-electron chi connectivity index (χ3n) is 4.47. The molecule has 1 saturated heterocycles. The Morgan fingerprint density at radius 3 is 3.00 bits per heavy atom. The van der Waals surface area contributed by atoms with Gasteiger partial charge in [-0.2, -0.15) is 0 Å². The van der Waals surface area contributed by atoms with Crippen LogP contribution < -0.4 is 0 Å². The number of carbonyl (C=O) groups is 1. The molecule has 2 aromatic rings. The number of likely N-dealkylation sites (N-methyl/N-ethyl adjacent to an activating group) is 1. The van der Waals surface area contributed by atoms with Crippen molar-refractivity contribution in [2.45, 2.75) is 18.9 Å². The Morgan fingerprint density at radius 2 is 2.19 bits per heavy atom. The van der Waals surface area contributed by atoms with Crippen molar-refractivity contribution in [1.82, 2.24) is 14.8 Å². The van der Waals surface area contributed by atoms with Gasteiger partial charge in [-0.05, 0) is 39.5 Å². The van der Waals surface area contributed by atoms with Gasteiger partial charge in [0.05, 0.1) is 6.54 Å². The number of H-pyrrole nitrogens is 1. The van der Waals surface area contributed by atoms with Gasteiger partial charge in [0.2, 0.25) is 0 Å². The Bertz CT molecular complexity index is 632. The van der Waals surface area contributed by atoms with Crippen LogP contribution in [0.25, 0.3) is 10.9 Å². The average Bonchev–Trinajstić information content (AvgIpc) is 2.91. The van der Waals surface area contributed by atoms with Crippen LogP contribution in [0.4, 0.5) is 0 Å². The van der Waals surface area contributed by atoms with Crippen LogP contribution in [-0.4, -0.2) is 60.3 Å². The Hall–Kier alpha value is -1.65. The van der Waals surface area contributed by atoms with E-state index in [0.29, 0.717) is 12.6 Å². The number of ketones is 1. The molecule has 0 bridgehead atoms. The molecule has 0 amide bonds. The molecule has 1 aliphatic rings. The number of hydrogen-bond acceptors (Lipinski definition) is 3. The fourth-order valence-corrected chi connectivity index (χ4v) is 3.19. The average molecular weight is 285 g/mol. The number of likely N-dealkylation sites (tertiary alicyclic amines) is 1. The number of aromatic amines is 1. The van der Waals surface area contributed by atoms with E-state index in [1.54, 1.807) is 0 Å². The standard InChI is InChI=1S/C17H23N3O/c1-19(2)13-6-5-9-20(11-13)12-17(21)15-10-18-16-8-4-3-7-14(15)16/h3-4,7-8,10,13,18H,5-6,9,11-12H2,1-2H3. The molecule has 112 valence electrons. The molecule has 21 heavy (non-hydrogen) atoms. The summed E-state index contributed by atoms with van der Waals surface area (Å²) in [6, 6.07) is 8.55. The Kier molecular flexibility index (Phi) is 4.08. The van der Waals surface area contributed by atoms with Gasteiger partial charge in [0, 0.05) is 35.2 Å². The van der Waals surface area contributed by atoms with Gasteiger partial charge in [0.1, 0.15) is 0 Å². The van der Waals surface area contributed by atoms with Crippen LogP contribution in [-0.2, 0) is 0 Å². The van der Waals surface area contributed by atoms with Gasteiger partial charge in [-0.15, -0.1) is 0 Å². The first-order chi connectivity index (χ1) is 10.1. The van der Waals surface area contributed by atoms with Crippen LogP contribution in [0.5, 0.6) is 0 Å². The van der Waals surface area contributed by atoms with Crippen molar-refractivity contribution in [2.24, 2.45) is 0 Å². The van der Waals surface area contributed by atoms with E-state index in [1.165, 1.54) is 12.8 Å². The highest BCUT2D eigenvalue weighted by molar-refractivity contribution is 6.08. The lowest BCUT2D eigenvalue weighted by Gasteiger charge is -2.35. The number of nitrogens with zero attached hydrogens (tertiary/aromatic N) is 2. The summed E-state index contributed by atoms with van der Waals surface area (Å²) in [6.07, 6.45) is 4.25. The molecule has 0 aliphatic carbocycles. The monoisotopic (exact) mass is 285 g/mol. The van der Waals surface area contributed by atoms with Crippen molar-refractivity contribution in [3.63, 3.8) is 0 Å². The van der Waals surface area contributed by atoms with Crippen molar-refractivity contribution < 1.29 is 4.79 Å². The van der Waals surface area contributed by atoms with Crippen LogP contribution in [0.15, 0.2) is 30.5 Å². The van der Waals surface area contributed by atoms with E-state index in [-0.39, 0.29) is 5.78 Å². The molecule has 0 radical (unpaired) electrons. The number of para-hydroxylation sites is 1. The van der Waals surface area contributed by atoms with Gasteiger partial charge in [0.15, 0.2) is 5.78 Å². The van der Waals surface area contributed by atoms with E-state index in [1.807, 2.05) is 30.5 Å². The molecule has 3 rings (SSSR count). The molecule has 4 heteroatoms. The quantitative estimate of drug-likeness (QED) is 0.877. The number of nitrogens with one attached hydrogen (secondary N) is 1. The number of carbonyl (C=O) groups excluding carboxylic acids is 1. The second-order valence-electron chi connectivity index (χ2n) is 6.17. The highest BCUT2D eigenvalue weighted by Crippen LogP contribution is 2.20. The molecule has 0 spiro atoms. The molecular formula is C17H23N3O. The first kappa shape index (κ1) is 14.3. The van der Waals surface area contributed by atoms with Crippen molar-refractivity contribution in [2.75, 3.05) is 33.7 Å². The minimum Gasteiger partial charge on any atom is -0.360 e. The number of piperidine rings is 1. The minimum absolute atomic E-state index is 0.215. The molecule has 2 heterocycles. The van der Waals surface area contributed by atoms with Crippen LogP contribution in [0.2, 0.25) is 0 Å². The molecule has 1 aromatic heterocycles. The number of rotatable bonds is 4. The van der Waals surface area contributed by atoms with E-state index < -0.39 is 0 Å². The lowest BCUT2D eigenvalue weighted by atomic mass is 10.0. The molecule has 1 aliphatic heterocycles. The molecule has 0 saturated carbocycles. The normalized spacial score (nSPS) is 20.2. The summed E-state index contributed by atoms with van der Waals surface area (Å²) in [5.41, 5.74) is 1.85. The summed E-state index contributed by atoms with van der Waals surface area (Å²) in [4.78, 5) is 20.3. The number of aromatic nitrogens is 1. The zero-order valence-corrected chi connectivity index (χ0v) is 12.8. The number of fused-ring (bicyclic) bond motifs is 1. The second kappa shape index (κ2) is 6.00. The van der Waals surface area contributed by atoms with E-state index >= 15 is 0 Å². The van der Waals surface area contributed by atoms with E-state index in [9.17, 15) is 4.79 Å². The topological polar surface area (TPSA) is 39.3 Å². The predicted molar refractivity (Wildman–Crippen MR) is 85.8 cm³/mol. The predicted octanol–water partition coefficient (Wildman–Crippen LogP) is 2.38. The summed E-state index contributed by atoms with van der Waals surface area (Å²) in [7, 11) is 4.24. The molecule has 1 fully saturated rings. The van der Waals surface area contributed by atoms with Crippen molar-refractivity contribution in [3.05, 3.63) is 36.0 Å². The number of hydrogen-bond donors (Lipinski definition) is 1. The molecule has 1 aromatic carbocycles. The van der Waals surface area contributed by atoms with Crippen LogP contribution in [0.3, 0.4) is 0 Å². The van der Waals surface area contributed by atoms with Gasteiger partial charge in [-0.25, -0.2) is 0 Å². The van der Waals surface area contributed by atoms with Gasteiger partial charge < -0.3 is 9.88 Å². The van der Waals surface area contributed by atoms with E-state index in [2.05, 4.69) is 28.9 Å². The van der Waals surface area contributed by atoms with Crippen molar-refractivity contribution in [1.29, 1.82) is 0 Å². The molecular weight excluding hydrogens is 262 g/mol. The number of benzene rings is 1. The minimum atomic E-state index is 0.215. The van der Waals surface area contributed by atoms with Gasteiger partial charge >= 0.3 is 0 Å². The fourth-order valence-electron chi connectivity index (χ4n) is 3.19. The maximum absolute atomic E-state index is 12.6. The highest BCUT2D eigenvalue weighted by Gasteiger charge is 2.23. The van der Waals surface area contributed by atoms with Crippen LogP contribution >= 0.6 is 0 Å². The smallest absolute Gasteiger partial charge is 0.178 e. The largest absolute Gasteiger partial charge is 0.360 e. The van der Waals surface area contributed by atoms with Gasteiger partial charge in [-0.1, -0.05) is 18.2 Å². The van der Waals surface area contributed by atoms with Crippen molar-refractivity contribution in [3.8, 4) is 0 Å². The van der Waals surface area contributed by atoms with Crippen molar-refractivity contribution >= 4 is 16.7 Å². The lowest BCUT2D eigenvalue weighted by Crippen LogP contribution is -2.46. The zero-order valence-electron chi connectivity index (χ0n) is 12.8. The Labute approximate surface area is 125 Å². The van der Waals surface area contributed by atoms with Gasteiger partial charge in [-0.3, -0.25) is 9.69 Å². The third-order valence-corrected chi connectivity index (χ3v) is 4.47. The summed E-state index contributed by atoms with van der Waals surface area (Å²) in [5.74, 6) is 0.215. The zero-order chi connectivity index (χ0) is 14.8. The number of Topliss-reactive ketones (excluding diaryl/α,β-unsaturated/α-hetero) is 1. The summed E-state index contributed by atoms with van der Waals surface area (Å²) < 4.78 is 0. The summed E-state index contributed by atoms with van der Waals surface area (Å²) in [5, 5.41) is 1.03. The highest BCUT2D eigenvalue weighted by atomic mass is 16.1. The fraction of sp³-hybridized carbons (Fsp3) is 0.471. The Morgan fingerprint density at radius 1 is 1.38 bits per heavy atom. The maximum atomic E-state index is 12.6. The first-order valence-electron chi connectivity index (χ1n) is 7.63. The SMILES string of the molecule is CN(C)C1CCCN(CC(=O)c2c[nH]c3ccccc23)C1. The molecule has 1 atom stereocenters.